The minimum absolute atomic E-state index is 0.350. The Morgan fingerprint density at radius 1 is 1.50 bits per heavy atom. The number of rotatable bonds is 1. The van der Waals surface area contributed by atoms with E-state index in [4.69, 9.17) is 0 Å². The van der Waals surface area contributed by atoms with Crippen molar-refractivity contribution in [3.05, 3.63) is 44.9 Å². The van der Waals surface area contributed by atoms with Crippen molar-refractivity contribution in [3.63, 3.8) is 0 Å². The minimum atomic E-state index is -0.735. The van der Waals surface area contributed by atoms with Gasteiger partial charge in [0.1, 0.15) is 5.65 Å². The first-order valence-corrected chi connectivity index (χ1v) is 3.81. The molecule has 6 heteroatoms. The number of nitrogens with one attached hydrogen (secondary N) is 1. The van der Waals surface area contributed by atoms with E-state index in [0.717, 1.165) is 0 Å². The van der Waals surface area contributed by atoms with Crippen LogP contribution >= 0.6 is 0 Å². The Morgan fingerprint density at radius 2 is 2.29 bits per heavy atom. The highest BCUT2D eigenvalue weighted by Gasteiger charge is 2.12. The molecule has 70 valence electrons. The highest BCUT2D eigenvalue weighted by atomic mass is 16.6. The van der Waals surface area contributed by atoms with E-state index >= 15 is 0 Å². The van der Waals surface area contributed by atoms with Crippen LogP contribution in [0.1, 0.15) is 0 Å². The average molecular weight is 191 g/mol. The van der Waals surface area contributed by atoms with E-state index in [1.807, 2.05) is 0 Å². The van der Waals surface area contributed by atoms with E-state index < -0.39 is 16.2 Å². The summed E-state index contributed by atoms with van der Waals surface area (Å²) in [5, 5.41) is 11.0. The number of aromatic amines is 1. The summed E-state index contributed by atoms with van der Waals surface area (Å²) < 4.78 is 0. The van der Waals surface area contributed by atoms with Crippen LogP contribution in [0.3, 0.4) is 0 Å². The van der Waals surface area contributed by atoms with Crippen LogP contribution in [-0.2, 0) is 0 Å². The average Bonchev–Trinajstić information content (AvgIpc) is 2.16. The predicted molar refractivity (Wildman–Crippen MR) is 49.0 cm³/mol. The Hall–Kier alpha value is -2.24. The molecular weight excluding hydrogens is 186 g/mol. The lowest BCUT2D eigenvalue weighted by molar-refractivity contribution is -0.386. The van der Waals surface area contributed by atoms with Crippen molar-refractivity contribution in [1.82, 2.24) is 9.97 Å². The summed E-state index contributed by atoms with van der Waals surface area (Å²) >= 11 is 0. The highest BCUT2D eigenvalue weighted by Crippen LogP contribution is 2.11. The lowest BCUT2D eigenvalue weighted by Gasteiger charge is -1.95. The zero-order valence-corrected chi connectivity index (χ0v) is 6.93. The standard InChI is InChI=1S/C8H5N3O3/c12-8-6(11(13)14)4-5-2-1-3-9-7(5)10-8/h1-4H,(H,9,10,12). The van der Waals surface area contributed by atoms with Gasteiger partial charge in [-0.15, -0.1) is 0 Å². The normalized spacial score (nSPS) is 10.3. The summed E-state index contributed by atoms with van der Waals surface area (Å²) in [4.78, 5) is 27.0. The molecule has 0 bridgehead atoms. The van der Waals surface area contributed by atoms with Crippen molar-refractivity contribution in [2.24, 2.45) is 0 Å². The molecule has 2 aromatic heterocycles. The van der Waals surface area contributed by atoms with E-state index in [1.54, 1.807) is 12.1 Å². The molecule has 0 atom stereocenters. The zero-order chi connectivity index (χ0) is 10.1. The van der Waals surface area contributed by atoms with Gasteiger partial charge in [-0.1, -0.05) is 0 Å². The Labute approximate surface area is 77.4 Å². The molecule has 0 saturated heterocycles. The van der Waals surface area contributed by atoms with Crippen LogP contribution in [-0.4, -0.2) is 14.9 Å². The van der Waals surface area contributed by atoms with Gasteiger partial charge in [-0.05, 0) is 12.1 Å². The molecule has 0 saturated carbocycles. The summed E-state index contributed by atoms with van der Waals surface area (Å²) in [7, 11) is 0. The largest absolute Gasteiger partial charge is 0.334 e. The Bertz CT molecular complexity index is 561. The monoisotopic (exact) mass is 191 g/mol. The minimum Gasteiger partial charge on any atom is -0.301 e. The van der Waals surface area contributed by atoms with Gasteiger partial charge >= 0.3 is 11.2 Å². The molecule has 14 heavy (non-hydrogen) atoms. The fraction of sp³-hybridized carbons (Fsp3) is 0. The van der Waals surface area contributed by atoms with Crippen LogP contribution in [0.15, 0.2) is 29.2 Å². The molecule has 1 N–H and O–H groups in total. The van der Waals surface area contributed by atoms with Gasteiger partial charge in [0, 0.05) is 17.6 Å². The zero-order valence-electron chi connectivity index (χ0n) is 6.93. The van der Waals surface area contributed by atoms with Gasteiger partial charge in [0.25, 0.3) is 0 Å². The number of fused-ring (bicyclic) bond motifs is 1. The van der Waals surface area contributed by atoms with Crippen LogP contribution in [0.5, 0.6) is 0 Å². The third-order valence-electron chi connectivity index (χ3n) is 1.79. The van der Waals surface area contributed by atoms with E-state index in [-0.39, 0.29) is 0 Å². The second-order valence-electron chi connectivity index (χ2n) is 2.68. The molecule has 0 radical (unpaired) electrons. The lowest BCUT2D eigenvalue weighted by Crippen LogP contribution is -2.11. The Morgan fingerprint density at radius 3 is 3.00 bits per heavy atom. The van der Waals surface area contributed by atoms with Crippen molar-refractivity contribution >= 4 is 16.7 Å². The lowest BCUT2D eigenvalue weighted by atomic mass is 10.3. The van der Waals surface area contributed by atoms with Crippen molar-refractivity contribution in [2.75, 3.05) is 0 Å². The van der Waals surface area contributed by atoms with Crippen molar-refractivity contribution in [3.8, 4) is 0 Å². The number of hydrogen-bond acceptors (Lipinski definition) is 4. The van der Waals surface area contributed by atoms with Crippen molar-refractivity contribution < 1.29 is 4.92 Å². The Balaban J connectivity index is 2.84. The molecule has 0 aliphatic heterocycles. The van der Waals surface area contributed by atoms with Gasteiger partial charge in [0.2, 0.25) is 0 Å². The maximum atomic E-state index is 11.1. The summed E-state index contributed by atoms with van der Waals surface area (Å²) in [6.45, 7) is 0. The summed E-state index contributed by atoms with van der Waals surface area (Å²) in [6.07, 6.45) is 1.50. The molecule has 0 unspecified atom stereocenters. The van der Waals surface area contributed by atoms with Crippen LogP contribution in [0.2, 0.25) is 0 Å². The number of nitrogens with zero attached hydrogens (tertiary/aromatic N) is 2. The first kappa shape index (κ1) is 8.36. The number of H-pyrrole nitrogens is 1. The van der Waals surface area contributed by atoms with E-state index in [0.29, 0.717) is 11.0 Å². The smallest absolute Gasteiger partial charge is 0.301 e. The number of pyridine rings is 2. The van der Waals surface area contributed by atoms with E-state index in [9.17, 15) is 14.9 Å². The van der Waals surface area contributed by atoms with E-state index in [2.05, 4.69) is 9.97 Å². The fourth-order valence-corrected chi connectivity index (χ4v) is 1.16. The summed E-state index contributed by atoms with van der Waals surface area (Å²) in [5.74, 6) is 0. The molecule has 2 aromatic rings. The highest BCUT2D eigenvalue weighted by molar-refractivity contribution is 5.76. The van der Waals surface area contributed by atoms with E-state index in [1.165, 1.54) is 12.3 Å². The molecule has 6 nitrogen and oxygen atoms in total. The maximum absolute atomic E-state index is 11.1. The SMILES string of the molecule is O=c1[nH]c2ncccc2cc1[N+](=O)[O-]. The topological polar surface area (TPSA) is 88.9 Å². The van der Waals surface area contributed by atoms with Crippen LogP contribution in [0.25, 0.3) is 11.0 Å². The second kappa shape index (κ2) is 2.91. The first-order valence-electron chi connectivity index (χ1n) is 3.81. The molecule has 0 aliphatic carbocycles. The first-order chi connectivity index (χ1) is 6.68. The van der Waals surface area contributed by atoms with Crippen LogP contribution < -0.4 is 5.56 Å². The third-order valence-corrected chi connectivity index (χ3v) is 1.79. The number of nitro groups is 1. The maximum Gasteiger partial charge on any atom is 0.334 e. The molecule has 0 fully saturated rings. The van der Waals surface area contributed by atoms with Gasteiger partial charge in [0.15, 0.2) is 0 Å². The van der Waals surface area contributed by atoms with Gasteiger partial charge in [-0.25, -0.2) is 4.98 Å². The van der Waals surface area contributed by atoms with Gasteiger partial charge in [0.05, 0.1) is 4.92 Å². The molecule has 0 aliphatic rings. The Kier molecular flexibility index (Phi) is 1.74. The number of aromatic nitrogens is 2. The quantitative estimate of drug-likeness (QED) is 0.534. The molecule has 0 aromatic carbocycles. The van der Waals surface area contributed by atoms with Gasteiger partial charge in [-0.2, -0.15) is 0 Å². The molecule has 0 spiro atoms. The van der Waals surface area contributed by atoms with Crippen LogP contribution in [0.4, 0.5) is 5.69 Å². The van der Waals surface area contributed by atoms with Crippen molar-refractivity contribution in [2.45, 2.75) is 0 Å². The van der Waals surface area contributed by atoms with Gasteiger partial charge < -0.3 is 4.98 Å². The molecule has 0 amide bonds. The van der Waals surface area contributed by atoms with Crippen molar-refractivity contribution in [1.29, 1.82) is 0 Å². The molecular formula is C8H5N3O3. The summed E-state index contributed by atoms with van der Waals surface area (Å²) in [6, 6.07) is 4.50. The predicted octanol–water partition coefficient (Wildman–Crippen LogP) is 0.831. The third kappa shape index (κ3) is 1.22. The van der Waals surface area contributed by atoms with Crippen LogP contribution in [0, 0.1) is 10.1 Å². The summed E-state index contributed by atoms with van der Waals surface area (Å²) in [5.41, 5.74) is -0.852. The van der Waals surface area contributed by atoms with Gasteiger partial charge in [-0.3, -0.25) is 14.9 Å². The second-order valence-corrected chi connectivity index (χ2v) is 2.68. The fourth-order valence-electron chi connectivity index (χ4n) is 1.16. The molecule has 2 rings (SSSR count). The molecule has 2 heterocycles. The number of hydrogen-bond donors (Lipinski definition) is 1.